The highest BCUT2D eigenvalue weighted by atomic mass is 19.3. The van der Waals surface area contributed by atoms with Gasteiger partial charge in [-0.1, -0.05) is 0 Å². The molecule has 2 aromatic heterocycles. The van der Waals surface area contributed by atoms with Gasteiger partial charge in [0, 0.05) is 17.7 Å². The number of hydrogen-bond donors (Lipinski definition) is 1. The summed E-state index contributed by atoms with van der Waals surface area (Å²) in [6, 6.07) is 11.4. The molecule has 0 aliphatic carbocycles. The molecule has 1 aromatic carbocycles. The fraction of sp³-hybridized carbons (Fsp3) is 0.176. The van der Waals surface area contributed by atoms with E-state index >= 15 is 0 Å². The number of pyridine rings is 1. The molecule has 2 heterocycles. The van der Waals surface area contributed by atoms with E-state index in [-0.39, 0.29) is 11.6 Å². The maximum absolute atomic E-state index is 12.4. The second kappa shape index (κ2) is 7.16. The average molecular weight is 347 g/mol. The smallest absolute Gasteiger partial charge is 0.272 e. The van der Waals surface area contributed by atoms with E-state index in [9.17, 15) is 13.9 Å². The quantitative estimate of drug-likeness (QED) is 0.741. The van der Waals surface area contributed by atoms with Crippen molar-refractivity contribution in [3.8, 4) is 34.5 Å². The Morgan fingerprint density at radius 3 is 2.48 bits per heavy atom. The highest BCUT2D eigenvalue weighted by Gasteiger charge is 2.15. The highest BCUT2D eigenvalue weighted by Crippen LogP contribution is 2.28. The molecule has 0 saturated heterocycles. The van der Waals surface area contributed by atoms with Gasteiger partial charge >= 0.3 is 0 Å². The lowest BCUT2D eigenvalue weighted by Crippen LogP contribution is -2.07. The Morgan fingerprint density at radius 1 is 1.12 bits per heavy atom. The molecule has 6 nitrogen and oxygen atoms in total. The SMILES string of the molecule is COc1ccc(-n2nc(OCC(F)F)cc2-c2ccc(O)cc2)cn1. The van der Waals surface area contributed by atoms with E-state index in [1.165, 1.54) is 23.9 Å². The first-order chi connectivity index (χ1) is 12.1. The van der Waals surface area contributed by atoms with Crippen molar-refractivity contribution in [1.29, 1.82) is 0 Å². The first kappa shape index (κ1) is 16.7. The van der Waals surface area contributed by atoms with Crippen LogP contribution in [-0.2, 0) is 0 Å². The maximum atomic E-state index is 12.4. The van der Waals surface area contributed by atoms with Crippen molar-refractivity contribution in [3.63, 3.8) is 0 Å². The largest absolute Gasteiger partial charge is 0.508 e. The summed E-state index contributed by atoms with van der Waals surface area (Å²) in [5.41, 5.74) is 1.94. The molecular weight excluding hydrogens is 332 g/mol. The predicted octanol–water partition coefficient (Wildman–Crippen LogP) is 3.29. The van der Waals surface area contributed by atoms with Crippen LogP contribution in [0.4, 0.5) is 8.78 Å². The minimum Gasteiger partial charge on any atom is -0.508 e. The van der Waals surface area contributed by atoms with E-state index in [0.29, 0.717) is 17.3 Å². The number of phenols is 1. The molecule has 3 rings (SSSR count). The van der Waals surface area contributed by atoms with Crippen molar-refractivity contribution >= 4 is 0 Å². The van der Waals surface area contributed by atoms with E-state index < -0.39 is 13.0 Å². The molecule has 0 aliphatic rings. The first-order valence-corrected chi connectivity index (χ1v) is 7.37. The number of phenolic OH excluding ortho intramolecular Hbond substituents is 1. The summed E-state index contributed by atoms with van der Waals surface area (Å²) < 4.78 is 36.4. The summed E-state index contributed by atoms with van der Waals surface area (Å²) in [6.07, 6.45) is -1.04. The van der Waals surface area contributed by atoms with Crippen molar-refractivity contribution in [3.05, 3.63) is 48.7 Å². The van der Waals surface area contributed by atoms with E-state index in [0.717, 1.165) is 5.56 Å². The van der Waals surface area contributed by atoms with Crippen molar-refractivity contribution in [2.24, 2.45) is 0 Å². The van der Waals surface area contributed by atoms with Gasteiger partial charge in [0.2, 0.25) is 11.8 Å². The van der Waals surface area contributed by atoms with Crippen LogP contribution in [0.3, 0.4) is 0 Å². The molecule has 25 heavy (non-hydrogen) atoms. The van der Waals surface area contributed by atoms with Gasteiger partial charge in [0.25, 0.3) is 6.43 Å². The van der Waals surface area contributed by atoms with Crippen LogP contribution < -0.4 is 9.47 Å². The third-order valence-electron chi connectivity index (χ3n) is 3.38. The molecule has 0 bridgehead atoms. The second-order valence-corrected chi connectivity index (χ2v) is 5.09. The summed E-state index contributed by atoms with van der Waals surface area (Å²) in [5, 5.41) is 13.7. The number of hydrogen-bond acceptors (Lipinski definition) is 5. The molecule has 0 unspecified atom stereocenters. The van der Waals surface area contributed by atoms with E-state index in [2.05, 4.69) is 10.1 Å². The van der Waals surface area contributed by atoms with Crippen molar-refractivity contribution in [1.82, 2.24) is 14.8 Å². The molecule has 8 heteroatoms. The van der Waals surface area contributed by atoms with Crippen LogP contribution in [-0.4, -0.2) is 40.0 Å². The Kier molecular flexibility index (Phi) is 4.78. The molecule has 0 atom stereocenters. The van der Waals surface area contributed by atoms with Gasteiger partial charge in [-0.3, -0.25) is 0 Å². The van der Waals surface area contributed by atoms with Crippen LogP contribution in [0.25, 0.3) is 16.9 Å². The van der Waals surface area contributed by atoms with Crippen molar-refractivity contribution < 1.29 is 23.4 Å². The third kappa shape index (κ3) is 3.85. The zero-order chi connectivity index (χ0) is 17.8. The van der Waals surface area contributed by atoms with E-state index in [1.54, 1.807) is 36.5 Å². The zero-order valence-electron chi connectivity index (χ0n) is 13.3. The minimum absolute atomic E-state index is 0.0687. The molecule has 0 fully saturated rings. The Labute approximate surface area is 142 Å². The number of aromatic nitrogens is 3. The number of ether oxygens (including phenoxy) is 2. The minimum atomic E-state index is -2.59. The van der Waals surface area contributed by atoms with Crippen LogP contribution in [0.1, 0.15) is 0 Å². The van der Waals surface area contributed by atoms with Gasteiger partial charge in [0.15, 0.2) is 6.61 Å². The normalized spacial score (nSPS) is 10.9. The zero-order valence-corrected chi connectivity index (χ0v) is 13.3. The Balaban J connectivity index is 2.02. The predicted molar refractivity (Wildman–Crippen MR) is 86.5 cm³/mol. The fourth-order valence-electron chi connectivity index (χ4n) is 2.23. The summed E-state index contributed by atoms with van der Waals surface area (Å²) in [5.74, 6) is 0.630. The van der Waals surface area contributed by atoms with E-state index in [4.69, 9.17) is 9.47 Å². The van der Waals surface area contributed by atoms with Gasteiger partial charge in [-0.25, -0.2) is 18.4 Å². The van der Waals surface area contributed by atoms with Crippen molar-refractivity contribution in [2.75, 3.05) is 13.7 Å². The lowest BCUT2D eigenvalue weighted by molar-refractivity contribution is 0.0794. The number of halogens is 2. The molecule has 0 radical (unpaired) electrons. The second-order valence-electron chi connectivity index (χ2n) is 5.09. The van der Waals surface area contributed by atoms with Crippen LogP contribution >= 0.6 is 0 Å². The van der Waals surface area contributed by atoms with Gasteiger partial charge in [-0.2, -0.15) is 0 Å². The standard InChI is InChI=1S/C17H15F2N3O3/c1-24-16-7-4-12(9-20-16)22-14(11-2-5-13(23)6-3-11)8-17(21-22)25-10-15(18)19/h2-9,15,23H,10H2,1H3. The molecule has 130 valence electrons. The van der Waals surface area contributed by atoms with Crippen LogP contribution in [0.2, 0.25) is 0 Å². The summed E-state index contributed by atoms with van der Waals surface area (Å²) in [4.78, 5) is 4.12. The lowest BCUT2D eigenvalue weighted by atomic mass is 10.1. The Hall–Kier alpha value is -3.16. The molecule has 3 aromatic rings. The van der Waals surface area contributed by atoms with Gasteiger partial charge in [-0.15, -0.1) is 5.10 Å². The molecule has 0 aliphatic heterocycles. The Morgan fingerprint density at radius 2 is 1.88 bits per heavy atom. The molecule has 0 saturated carbocycles. The van der Waals surface area contributed by atoms with Crippen LogP contribution in [0.15, 0.2) is 48.7 Å². The summed E-state index contributed by atoms with van der Waals surface area (Å²) in [7, 11) is 1.51. The van der Waals surface area contributed by atoms with Crippen LogP contribution in [0.5, 0.6) is 17.5 Å². The number of nitrogens with zero attached hydrogens (tertiary/aromatic N) is 3. The van der Waals surface area contributed by atoms with Crippen molar-refractivity contribution in [2.45, 2.75) is 6.43 Å². The molecular formula is C17H15F2N3O3. The van der Waals surface area contributed by atoms with Gasteiger partial charge in [-0.05, 0) is 30.3 Å². The van der Waals surface area contributed by atoms with Crippen LogP contribution in [0, 0.1) is 0 Å². The number of alkyl halides is 2. The monoisotopic (exact) mass is 347 g/mol. The maximum Gasteiger partial charge on any atom is 0.272 e. The molecule has 1 N–H and O–H groups in total. The topological polar surface area (TPSA) is 69.4 Å². The fourth-order valence-corrected chi connectivity index (χ4v) is 2.23. The van der Waals surface area contributed by atoms with E-state index in [1.807, 2.05) is 0 Å². The Bertz CT molecular complexity index is 833. The average Bonchev–Trinajstić information content (AvgIpc) is 3.05. The lowest BCUT2D eigenvalue weighted by Gasteiger charge is -2.07. The highest BCUT2D eigenvalue weighted by molar-refractivity contribution is 5.64. The number of methoxy groups -OCH3 is 1. The summed E-state index contributed by atoms with van der Waals surface area (Å²) in [6.45, 7) is -0.743. The third-order valence-corrected chi connectivity index (χ3v) is 3.38. The van der Waals surface area contributed by atoms with Gasteiger partial charge in [0.05, 0.1) is 24.7 Å². The van der Waals surface area contributed by atoms with Gasteiger partial charge in [0.1, 0.15) is 5.75 Å². The van der Waals surface area contributed by atoms with Gasteiger partial charge < -0.3 is 14.6 Å². The molecule has 0 amide bonds. The number of rotatable bonds is 6. The summed E-state index contributed by atoms with van der Waals surface area (Å²) >= 11 is 0. The first-order valence-electron chi connectivity index (χ1n) is 7.37. The number of benzene rings is 1. The number of aromatic hydroxyl groups is 1. The molecule has 0 spiro atoms.